The summed E-state index contributed by atoms with van der Waals surface area (Å²) in [6.45, 7) is 7.15. The van der Waals surface area contributed by atoms with Gasteiger partial charge in [0.1, 0.15) is 17.7 Å². The average molecular weight is 314 g/mol. The lowest BCUT2D eigenvalue weighted by Gasteiger charge is -2.21. The SMILES string of the molecule is CCCn1c(C)cc(C=C(C#N)C(=O)OC2CCCCC2)c1C. The Hall–Kier alpha value is -2.02. The molecule has 124 valence electrons. The number of carbonyl (C=O) groups excluding carboxylic acids is 1. The second-order valence-corrected chi connectivity index (χ2v) is 6.31. The van der Waals surface area contributed by atoms with Crippen molar-refractivity contribution in [2.45, 2.75) is 71.9 Å². The first kappa shape index (κ1) is 17.3. The number of nitriles is 1. The molecule has 1 saturated carbocycles. The Kier molecular flexibility index (Phi) is 6.04. The molecule has 1 aromatic heterocycles. The van der Waals surface area contributed by atoms with Crippen LogP contribution in [-0.4, -0.2) is 16.6 Å². The standard InChI is InChI=1S/C19H26N2O2/c1-4-10-21-14(2)11-16(15(21)3)12-17(13-20)19(22)23-18-8-6-5-7-9-18/h11-12,18H,4-10H2,1-3H3. The van der Waals surface area contributed by atoms with E-state index in [4.69, 9.17) is 4.74 Å². The number of rotatable bonds is 5. The predicted molar refractivity (Wildman–Crippen MR) is 90.8 cm³/mol. The zero-order chi connectivity index (χ0) is 16.8. The number of aryl methyl sites for hydroxylation is 1. The van der Waals surface area contributed by atoms with E-state index in [9.17, 15) is 10.1 Å². The van der Waals surface area contributed by atoms with Gasteiger partial charge < -0.3 is 9.30 Å². The number of carbonyl (C=O) groups is 1. The van der Waals surface area contributed by atoms with Crippen LogP contribution in [0.4, 0.5) is 0 Å². The summed E-state index contributed by atoms with van der Waals surface area (Å²) >= 11 is 0. The summed E-state index contributed by atoms with van der Waals surface area (Å²) < 4.78 is 7.72. The molecule has 0 unspecified atom stereocenters. The Morgan fingerprint density at radius 2 is 2.09 bits per heavy atom. The summed E-state index contributed by atoms with van der Waals surface area (Å²) in [7, 11) is 0. The summed E-state index contributed by atoms with van der Waals surface area (Å²) in [5.74, 6) is -0.486. The highest BCUT2D eigenvalue weighted by Gasteiger charge is 2.20. The molecular weight excluding hydrogens is 288 g/mol. The minimum atomic E-state index is -0.486. The molecule has 0 amide bonds. The van der Waals surface area contributed by atoms with Gasteiger partial charge in [-0.3, -0.25) is 0 Å². The molecule has 0 aromatic carbocycles. The minimum absolute atomic E-state index is 0.0273. The quantitative estimate of drug-likeness (QED) is 0.462. The fraction of sp³-hybridized carbons (Fsp3) is 0.579. The average Bonchev–Trinajstić information content (AvgIpc) is 2.81. The topological polar surface area (TPSA) is 55.0 Å². The van der Waals surface area contributed by atoms with Gasteiger partial charge in [-0.25, -0.2) is 4.79 Å². The molecule has 1 heterocycles. The molecule has 2 rings (SSSR count). The van der Waals surface area contributed by atoms with Crippen molar-refractivity contribution in [3.05, 3.63) is 28.6 Å². The van der Waals surface area contributed by atoms with Crippen molar-refractivity contribution in [1.29, 1.82) is 5.26 Å². The van der Waals surface area contributed by atoms with Crippen molar-refractivity contribution < 1.29 is 9.53 Å². The molecule has 1 aliphatic carbocycles. The van der Waals surface area contributed by atoms with Gasteiger partial charge in [0.25, 0.3) is 0 Å². The predicted octanol–water partition coefficient (Wildman–Crippen LogP) is 4.30. The Morgan fingerprint density at radius 3 is 2.70 bits per heavy atom. The summed E-state index contributed by atoms with van der Waals surface area (Å²) in [4.78, 5) is 12.3. The summed E-state index contributed by atoms with van der Waals surface area (Å²) in [5, 5.41) is 9.33. The smallest absolute Gasteiger partial charge is 0.349 e. The van der Waals surface area contributed by atoms with Gasteiger partial charge in [0, 0.05) is 17.9 Å². The van der Waals surface area contributed by atoms with E-state index in [1.54, 1.807) is 6.08 Å². The maximum absolute atomic E-state index is 12.3. The Labute approximate surface area is 138 Å². The lowest BCUT2D eigenvalue weighted by Crippen LogP contribution is -2.21. The number of aromatic nitrogens is 1. The van der Waals surface area contributed by atoms with E-state index in [1.807, 2.05) is 26.0 Å². The van der Waals surface area contributed by atoms with Gasteiger partial charge in [0.05, 0.1) is 0 Å². The van der Waals surface area contributed by atoms with Crippen LogP contribution < -0.4 is 0 Å². The highest BCUT2D eigenvalue weighted by Crippen LogP contribution is 2.23. The molecule has 1 fully saturated rings. The highest BCUT2D eigenvalue weighted by atomic mass is 16.5. The largest absolute Gasteiger partial charge is 0.458 e. The van der Waals surface area contributed by atoms with Crippen LogP contribution >= 0.6 is 0 Å². The van der Waals surface area contributed by atoms with Crippen molar-refractivity contribution >= 4 is 12.0 Å². The van der Waals surface area contributed by atoms with E-state index in [0.717, 1.165) is 55.6 Å². The summed E-state index contributed by atoms with van der Waals surface area (Å²) in [6, 6.07) is 4.03. The molecule has 0 spiro atoms. The third-order valence-corrected chi connectivity index (χ3v) is 4.53. The summed E-state index contributed by atoms with van der Waals surface area (Å²) in [5.41, 5.74) is 3.25. The second-order valence-electron chi connectivity index (χ2n) is 6.31. The molecule has 0 radical (unpaired) electrons. The first-order valence-corrected chi connectivity index (χ1v) is 8.56. The normalized spacial score (nSPS) is 16.2. The number of esters is 1. The van der Waals surface area contributed by atoms with Crippen LogP contribution in [0, 0.1) is 25.2 Å². The molecular formula is C19H26N2O2. The first-order chi connectivity index (χ1) is 11.1. The van der Waals surface area contributed by atoms with E-state index >= 15 is 0 Å². The van der Waals surface area contributed by atoms with Crippen molar-refractivity contribution in [2.75, 3.05) is 0 Å². The van der Waals surface area contributed by atoms with Crippen molar-refractivity contribution in [2.24, 2.45) is 0 Å². The van der Waals surface area contributed by atoms with Gasteiger partial charge in [0.15, 0.2) is 0 Å². The van der Waals surface area contributed by atoms with Crippen LogP contribution in [0.1, 0.15) is 62.4 Å². The molecule has 0 aliphatic heterocycles. The molecule has 0 N–H and O–H groups in total. The molecule has 0 bridgehead atoms. The van der Waals surface area contributed by atoms with Gasteiger partial charge in [-0.15, -0.1) is 0 Å². The number of hydrogen-bond acceptors (Lipinski definition) is 3. The van der Waals surface area contributed by atoms with Crippen molar-refractivity contribution in [1.82, 2.24) is 4.57 Å². The van der Waals surface area contributed by atoms with Crippen LogP contribution in [0.15, 0.2) is 11.6 Å². The van der Waals surface area contributed by atoms with Gasteiger partial charge >= 0.3 is 5.97 Å². The summed E-state index contributed by atoms with van der Waals surface area (Å²) in [6.07, 6.45) is 7.92. The Balaban J connectivity index is 2.16. The van der Waals surface area contributed by atoms with Gasteiger partial charge in [-0.2, -0.15) is 5.26 Å². The van der Waals surface area contributed by atoms with E-state index in [1.165, 1.54) is 6.42 Å². The zero-order valence-corrected chi connectivity index (χ0v) is 14.4. The van der Waals surface area contributed by atoms with Gasteiger partial charge in [0.2, 0.25) is 0 Å². The van der Waals surface area contributed by atoms with Crippen LogP contribution in [0.3, 0.4) is 0 Å². The lowest BCUT2D eigenvalue weighted by atomic mass is 9.98. The maximum Gasteiger partial charge on any atom is 0.349 e. The van der Waals surface area contributed by atoms with E-state index < -0.39 is 5.97 Å². The van der Waals surface area contributed by atoms with Crippen molar-refractivity contribution in [3.63, 3.8) is 0 Å². The van der Waals surface area contributed by atoms with E-state index in [0.29, 0.717) is 0 Å². The molecule has 0 saturated heterocycles. The lowest BCUT2D eigenvalue weighted by molar-refractivity contribution is -0.145. The fourth-order valence-corrected chi connectivity index (χ4v) is 3.23. The van der Waals surface area contributed by atoms with Crippen molar-refractivity contribution in [3.8, 4) is 6.07 Å². The van der Waals surface area contributed by atoms with Crippen LogP contribution in [-0.2, 0) is 16.1 Å². The number of hydrogen-bond donors (Lipinski definition) is 0. The maximum atomic E-state index is 12.3. The first-order valence-electron chi connectivity index (χ1n) is 8.56. The van der Waals surface area contributed by atoms with Gasteiger partial charge in [-0.05, 0) is 63.7 Å². The zero-order valence-electron chi connectivity index (χ0n) is 14.4. The minimum Gasteiger partial charge on any atom is -0.458 e. The Bertz CT molecular complexity index is 629. The van der Waals surface area contributed by atoms with E-state index in [-0.39, 0.29) is 11.7 Å². The second kappa shape index (κ2) is 8.01. The van der Waals surface area contributed by atoms with Crippen LogP contribution in [0.5, 0.6) is 0 Å². The number of ether oxygens (including phenoxy) is 1. The molecule has 0 atom stereocenters. The molecule has 1 aromatic rings. The van der Waals surface area contributed by atoms with Crippen LogP contribution in [0.2, 0.25) is 0 Å². The Morgan fingerprint density at radius 1 is 1.39 bits per heavy atom. The fourth-order valence-electron chi connectivity index (χ4n) is 3.23. The number of nitrogens with zero attached hydrogens (tertiary/aromatic N) is 2. The monoisotopic (exact) mass is 314 g/mol. The molecule has 23 heavy (non-hydrogen) atoms. The third-order valence-electron chi connectivity index (χ3n) is 4.53. The third kappa shape index (κ3) is 4.25. The highest BCUT2D eigenvalue weighted by molar-refractivity contribution is 5.98. The van der Waals surface area contributed by atoms with Crippen LogP contribution in [0.25, 0.3) is 6.08 Å². The van der Waals surface area contributed by atoms with E-state index in [2.05, 4.69) is 11.5 Å². The molecule has 1 aliphatic rings. The molecule has 4 heteroatoms. The molecule has 4 nitrogen and oxygen atoms in total. The van der Waals surface area contributed by atoms with Gasteiger partial charge in [-0.1, -0.05) is 13.3 Å².